The van der Waals surface area contributed by atoms with E-state index < -0.39 is 0 Å². The lowest BCUT2D eigenvalue weighted by atomic mass is 9.78. The maximum atomic E-state index is 5.43. The van der Waals surface area contributed by atoms with Crippen molar-refractivity contribution >= 4 is 33.5 Å². The van der Waals surface area contributed by atoms with Crippen molar-refractivity contribution in [2.45, 2.75) is 115 Å². The molecule has 2 aromatic heterocycles. The number of aromatic nitrogens is 4. The Balaban J connectivity index is 1.36. The predicted molar refractivity (Wildman–Crippen MR) is 226 cm³/mol. The van der Waals surface area contributed by atoms with Gasteiger partial charge in [0, 0.05) is 82.0 Å². The fourth-order valence-electron chi connectivity index (χ4n) is 9.52. The standard InChI is InChI=1S/C43H59BrN10/c1-40(2)26-34(27-41(3,4)49-40)53(38-45-20-18-36(47-38)30-10-14-32(44)15-11-30)54(35-28-42(5,6)50-43(7,8)29-35)39-46-21-19-37(48-39)31-12-16-33(17-13-31)52-24-22-51(9)23-25-52/h10-21,34-35,49-50H,22-29H2,1-9H3. The second-order valence-corrected chi connectivity index (χ2v) is 19.3. The summed E-state index contributed by atoms with van der Waals surface area (Å²) in [4.78, 5) is 25.8. The number of nitrogens with one attached hydrogen (secondary N) is 2. The van der Waals surface area contributed by atoms with Crippen LogP contribution in [0.25, 0.3) is 22.5 Å². The fraction of sp³-hybridized carbons (Fsp3) is 0.535. The van der Waals surface area contributed by atoms with Crippen LogP contribution < -0.4 is 25.6 Å². The average Bonchev–Trinajstić information content (AvgIpc) is 3.09. The molecule has 54 heavy (non-hydrogen) atoms. The molecule has 288 valence electrons. The van der Waals surface area contributed by atoms with Crippen LogP contribution in [-0.4, -0.2) is 92.3 Å². The SMILES string of the molecule is CN1CCN(c2ccc(-c3ccnc(N(C4CC(C)(C)NC(C)(C)C4)N(c4nccc(-c5ccc(Br)cc5)n4)C4CC(C)(C)NC(C)(C)C4)n3)cc2)CC1. The van der Waals surface area contributed by atoms with Gasteiger partial charge in [0.15, 0.2) is 0 Å². The van der Waals surface area contributed by atoms with E-state index in [1.807, 2.05) is 24.5 Å². The van der Waals surface area contributed by atoms with Gasteiger partial charge in [-0.25, -0.2) is 30.0 Å². The Hall–Kier alpha value is -3.64. The lowest BCUT2D eigenvalue weighted by molar-refractivity contribution is 0.136. The molecule has 3 fully saturated rings. The molecule has 0 spiro atoms. The largest absolute Gasteiger partial charge is 0.369 e. The number of hydrogen-bond acceptors (Lipinski definition) is 10. The van der Waals surface area contributed by atoms with Gasteiger partial charge in [-0.15, -0.1) is 0 Å². The van der Waals surface area contributed by atoms with Gasteiger partial charge in [0.1, 0.15) is 0 Å². The van der Waals surface area contributed by atoms with E-state index in [1.54, 1.807) is 0 Å². The van der Waals surface area contributed by atoms with Crippen molar-refractivity contribution in [1.29, 1.82) is 0 Å². The highest BCUT2D eigenvalue weighted by Gasteiger charge is 2.47. The van der Waals surface area contributed by atoms with Gasteiger partial charge in [-0.1, -0.05) is 40.2 Å². The van der Waals surface area contributed by atoms with E-state index in [2.05, 4.69) is 157 Å². The maximum Gasteiger partial charge on any atom is 0.245 e. The third-order valence-electron chi connectivity index (χ3n) is 11.1. The van der Waals surface area contributed by atoms with Crippen LogP contribution >= 0.6 is 15.9 Å². The number of hydrogen-bond donors (Lipinski definition) is 2. The second-order valence-electron chi connectivity index (χ2n) is 18.4. The van der Waals surface area contributed by atoms with Gasteiger partial charge in [-0.3, -0.25) is 0 Å². The van der Waals surface area contributed by atoms with Crippen molar-refractivity contribution in [3.05, 3.63) is 77.5 Å². The number of rotatable bonds is 8. The highest BCUT2D eigenvalue weighted by molar-refractivity contribution is 9.10. The summed E-state index contributed by atoms with van der Waals surface area (Å²) in [7, 11) is 2.20. The number of piperidine rings is 2. The number of halogens is 1. The molecule has 0 saturated carbocycles. The Morgan fingerprint density at radius 2 is 0.963 bits per heavy atom. The van der Waals surface area contributed by atoms with E-state index in [1.165, 1.54) is 5.69 Å². The number of piperazine rings is 1. The van der Waals surface area contributed by atoms with Crippen molar-refractivity contribution in [1.82, 2.24) is 35.5 Å². The van der Waals surface area contributed by atoms with Gasteiger partial charge in [0.25, 0.3) is 0 Å². The molecule has 4 aromatic rings. The predicted octanol–water partition coefficient (Wildman–Crippen LogP) is 7.96. The Kier molecular flexibility index (Phi) is 10.6. The molecule has 2 aromatic carbocycles. The molecule has 10 nitrogen and oxygen atoms in total. The molecule has 3 aliphatic heterocycles. The Labute approximate surface area is 331 Å². The summed E-state index contributed by atoms with van der Waals surface area (Å²) in [6, 6.07) is 21.4. The topological polar surface area (TPSA) is 88.6 Å². The van der Waals surface area contributed by atoms with Crippen molar-refractivity contribution in [2.75, 3.05) is 48.1 Å². The van der Waals surface area contributed by atoms with Gasteiger partial charge in [0.2, 0.25) is 11.9 Å². The van der Waals surface area contributed by atoms with Crippen molar-refractivity contribution in [3.63, 3.8) is 0 Å². The molecule has 0 unspecified atom stereocenters. The summed E-state index contributed by atoms with van der Waals surface area (Å²) in [5.41, 5.74) is 4.66. The van der Waals surface area contributed by atoms with E-state index in [0.717, 1.165) is 78.8 Å². The van der Waals surface area contributed by atoms with Crippen LogP contribution in [0.3, 0.4) is 0 Å². The van der Waals surface area contributed by atoms with Gasteiger partial charge in [0.05, 0.1) is 23.5 Å². The average molecular weight is 796 g/mol. The summed E-state index contributed by atoms with van der Waals surface area (Å²) in [5.74, 6) is 1.33. The molecule has 0 atom stereocenters. The van der Waals surface area contributed by atoms with Crippen molar-refractivity contribution in [3.8, 4) is 22.5 Å². The summed E-state index contributed by atoms with van der Waals surface area (Å²) in [6.07, 6.45) is 7.39. The molecule has 5 heterocycles. The minimum Gasteiger partial charge on any atom is -0.369 e. The highest BCUT2D eigenvalue weighted by Crippen LogP contribution is 2.40. The first-order valence-electron chi connectivity index (χ1n) is 19.6. The monoisotopic (exact) mass is 794 g/mol. The molecule has 7 rings (SSSR count). The first kappa shape index (κ1) is 38.6. The van der Waals surface area contributed by atoms with Crippen molar-refractivity contribution < 1.29 is 0 Å². The van der Waals surface area contributed by atoms with Crippen LogP contribution in [-0.2, 0) is 0 Å². The first-order chi connectivity index (χ1) is 25.4. The zero-order valence-corrected chi connectivity index (χ0v) is 35.3. The zero-order chi connectivity index (χ0) is 38.5. The van der Waals surface area contributed by atoms with E-state index in [4.69, 9.17) is 19.9 Å². The third-order valence-corrected chi connectivity index (χ3v) is 11.7. The fourth-order valence-corrected chi connectivity index (χ4v) is 9.79. The third kappa shape index (κ3) is 8.91. The lowest BCUT2D eigenvalue weighted by Crippen LogP contribution is -2.69. The Morgan fingerprint density at radius 3 is 1.37 bits per heavy atom. The molecular weight excluding hydrogens is 736 g/mol. The quantitative estimate of drug-likeness (QED) is 0.171. The molecule has 0 radical (unpaired) electrons. The van der Waals surface area contributed by atoms with Gasteiger partial charge in [-0.05, 0) is 125 Å². The second kappa shape index (κ2) is 14.8. The van der Waals surface area contributed by atoms with Gasteiger partial charge >= 0.3 is 0 Å². The zero-order valence-electron chi connectivity index (χ0n) is 33.7. The molecule has 11 heteroatoms. The summed E-state index contributed by atoms with van der Waals surface area (Å²) < 4.78 is 1.04. The van der Waals surface area contributed by atoms with E-state index in [0.29, 0.717) is 11.9 Å². The van der Waals surface area contributed by atoms with E-state index in [-0.39, 0.29) is 34.2 Å². The molecule has 3 saturated heterocycles. The normalized spacial score (nSPS) is 21.5. The van der Waals surface area contributed by atoms with Crippen LogP contribution in [0, 0.1) is 0 Å². The van der Waals surface area contributed by atoms with Crippen LogP contribution in [0.5, 0.6) is 0 Å². The maximum absolute atomic E-state index is 5.43. The number of nitrogens with zero attached hydrogens (tertiary/aromatic N) is 8. The smallest absolute Gasteiger partial charge is 0.245 e. The highest BCUT2D eigenvalue weighted by atomic mass is 79.9. The number of benzene rings is 2. The number of anilines is 3. The summed E-state index contributed by atoms with van der Waals surface area (Å²) in [6.45, 7) is 22.7. The summed E-state index contributed by atoms with van der Waals surface area (Å²) in [5, 5.41) is 12.6. The molecular formula is C43H59BrN10. The Bertz CT molecular complexity index is 1870. The lowest BCUT2D eigenvalue weighted by Gasteiger charge is -2.55. The molecule has 0 amide bonds. The van der Waals surface area contributed by atoms with Crippen LogP contribution in [0.1, 0.15) is 81.1 Å². The van der Waals surface area contributed by atoms with Crippen LogP contribution in [0.2, 0.25) is 0 Å². The van der Waals surface area contributed by atoms with Gasteiger partial charge < -0.3 is 20.4 Å². The van der Waals surface area contributed by atoms with Crippen molar-refractivity contribution in [2.24, 2.45) is 0 Å². The van der Waals surface area contributed by atoms with Gasteiger partial charge in [-0.2, -0.15) is 0 Å². The molecule has 0 aliphatic carbocycles. The minimum absolute atomic E-state index is 0.0622. The molecule has 0 bridgehead atoms. The number of hydrazine groups is 1. The Morgan fingerprint density at radius 1 is 0.574 bits per heavy atom. The molecule has 2 N–H and O–H groups in total. The summed E-state index contributed by atoms with van der Waals surface area (Å²) >= 11 is 3.61. The van der Waals surface area contributed by atoms with Crippen LogP contribution in [0.4, 0.5) is 17.6 Å². The molecule has 3 aliphatic rings. The van der Waals surface area contributed by atoms with E-state index >= 15 is 0 Å². The first-order valence-corrected chi connectivity index (χ1v) is 20.4. The number of likely N-dealkylation sites (N-methyl/N-ethyl adjacent to an activating group) is 1. The van der Waals surface area contributed by atoms with E-state index in [9.17, 15) is 0 Å². The van der Waals surface area contributed by atoms with Crippen LogP contribution in [0.15, 0.2) is 77.5 Å². The minimum atomic E-state index is -0.125.